The maximum atomic E-state index is 11.9. The normalized spacial score (nSPS) is 11.3. The molecule has 0 radical (unpaired) electrons. The van der Waals surface area contributed by atoms with Crippen molar-refractivity contribution in [3.63, 3.8) is 0 Å². The number of rotatable bonds is 6. The zero-order chi connectivity index (χ0) is 20.3. The van der Waals surface area contributed by atoms with Crippen molar-refractivity contribution >= 4 is 28.6 Å². The molecule has 0 aliphatic rings. The van der Waals surface area contributed by atoms with Gasteiger partial charge in [0.25, 0.3) is 0 Å². The molecule has 0 spiro atoms. The number of hydrogen-bond acceptors (Lipinski definition) is 2. The zero-order valence-electron chi connectivity index (χ0n) is 15.6. The molecular weight excluding hydrogens is 475 g/mol. The van der Waals surface area contributed by atoms with E-state index in [0.717, 1.165) is 16.7 Å². The van der Waals surface area contributed by atoms with Gasteiger partial charge in [-0.05, 0) is 16.7 Å². The van der Waals surface area contributed by atoms with Crippen LogP contribution in [0.2, 0.25) is 0 Å². The van der Waals surface area contributed by atoms with E-state index in [9.17, 15) is 9.90 Å². The van der Waals surface area contributed by atoms with Gasteiger partial charge in [-0.15, -0.1) is 0 Å². The average Bonchev–Trinajstić information content (AvgIpc) is 3.22. The zero-order valence-corrected chi connectivity index (χ0v) is 17.7. The van der Waals surface area contributed by atoms with Crippen LogP contribution in [0.25, 0.3) is 0 Å². The predicted octanol–water partition coefficient (Wildman–Crippen LogP) is 5.36. The summed E-state index contributed by atoms with van der Waals surface area (Å²) in [5.41, 5.74) is 3.03. The van der Waals surface area contributed by atoms with Crippen LogP contribution in [-0.4, -0.2) is 20.9 Å². The Morgan fingerprint density at radius 1 is 0.828 bits per heavy atom. The molecule has 0 saturated carbocycles. The van der Waals surface area contributed by atoms with Crippen molar-refractivity contribution < 1.29 is 9.90 Å². The van der Waals surface area contributed by atoms with Crippen molar-refractivity contribution in [3.05, 3.63) is 125 Å². The highest BCUT2D eigenvalue weighted by Crippen LogP contribution is 2.40. The van der Waals surface area contributed by atoms with Crippen LogP contribution in [0.3, 0.4) is 0 Å². The minimum atomic E-state index is -1.02. The number of nitrogens with zero attached hydrogens (tertiary/aromatic N) is 2. The fourth-order valence-electron chi connectivity index (χ4n) is 3.79. The standard InChI is InChI=1S/C24H19IN2O2/c25-16-18-17-27(26-22(18)23(28)29)24(19-10-4-1-5-11-19,20-12-6-2-7-13-20)21-14-8-3-9-15-21/h1-15,17H,16H2,(H,28,29). The molecule has 1 N–H and O–H groups in total. The summed E-state index contributed by atoms with van der Waals surface area (Å²) < 4.78 is 2.37. The molecule has 1 aromatic heterocycles. The van der Waals surface area contributed by atoms with Crippen molar-refractivity contribution in [3.8, 4) is 0 Å². The lowest BCUT2D eigenvalue weighted by Crippen LogP contribution is -2.38. The molecule has 4 nitrogen and oxygen atoms in total. The van der Waals surface area contributed by atoms with Crippen molar-refractivity contribution in [1.29, 1.82) is 0 Å². The number of carbonyl (C=O) groups is 1. The Morgan fingerprint density at radius 2 is 1.24 bits per heavy atom. The summed E-state index contributed by atoms with van der Waals surface area (Å²) in [6, 6.07) is 30.3. The van der Waals surface area contributed by atoms with E-state index >= 15 is 0 Å². The van der Waals surface area contributed by atoms with Gasteiger partial charge in [0.15, 0.2) is 5.69 Å². The largest absolute Gasteiger partial charge is 0.476 e. The minimum absolute atomic E-state index is 0.0894. The first kappa shape index (κ1) is 19.4. The number of alkyl halides is 1. The Morgan fingerprint density at radius 3 is 1.55 bits per heavy atom. The topological polar surface area (TPSA) is 55.1 Å². The maximum absolute atomic E-state index is 11.9. The van der Waals surface area contributed by atoms with Crippen LogP contribution in [-0.2, 0) is 9.97 Å². The lowest BCUT2D eigenvalue weighted by atomic mass is 9.77. The van der Waals surface area contributed by atoms with Gasteiger partial charge in [-0.2, -0.15) is 5.10 Å². The van der Waals surface area contributed by atoms with E-state index in [1.807, 2.05) is 65.5 Å². The predicted molar refractivity (Wildman–Crippen MR) is 122 cm³/mol. The van der Waals surface area contributed by atoms with Crippen LogP contribution in [0, 0.1) is 0 Å². The summed E-state index contributed by atoms with van der Waals surface area (Å²) in [5.74, 6) is -1.02. The number of hydrogen-bond donors (Lipinski definition) is 1. The highest BCUT2D eigenvalue weighted by atomic mass is 127. The molecule has 0 aliphatic carbocycles. The molecule has 3 aromatic carbocycles. The Labute approximate surface area is 183 Å². The summed E-state index contributed by atoms with van der Waals surface area (Å²) in [5, 5.41) is 14.3. The Bertz CT molecular complexity index is 1010. The van der Waals surface area contributed by atoms with Crippen molar-refractivity contribution in [1.82, 2.24) is 9.78 Å². The third-order valence-electron chi connectivity index (χ3n) is 5.05. The van der Waals surface area contributed by atoms with Gasteiger partial charge < -0.3 is 5.11 Å². The lowest BCUT2D eigenvalue weighted by Gasteiger charge is -2.36. The number of aromatic carboxylic acids is 1. The Kier molecular flexibility index (Phi) is 5.49. The fraction of sp³-hybridized carbons (Fsp3) is 0.0833. The second kappa shape index (κ2) is 8.21. The number of aromatic nitrogens is 2. The second-order valence-corrected chi connectivity index (χ2v) is 7.46. The quantitative estimate of drug-likeness (QED) is 0.223. The smallest absolute Gasteiger partial charge is 0.356 e. The van der Waals surface area contributed by atoms with E-state index in [-0.39, 0.29) is 5.69 Å². The molecule has 144 valence electrons. The molecule has 4 aromatic rings. The summed E-state index contributed by atoms with van der Waals surface area (Å²) in [6.07, 6.45) is 1.86. The number of carboxylic acid groups (broad SMARTS) is 1. The molecule has 0 aliphatic heterocycles. The molecule has 0 fully saturated rings. The molecule has 0 saturated heterocycles. The van der Waals surface area contributed by atoms with Crippen LogP contribution in [0.1, 0.15) is 32.7 Å². The van der Waals surface area contributed by atoms with Gasteiger partial charge in [-0.25, -0.2) is 4.79 Å². The minimum Gasteiger partial charge on any atom is -0.476 e. The number of halogens is 1. The molecule has 4 rings (SSSR count). The third kappa shape index (κ3) is 3.35. The van der Waals surface area contributed by atoms with Gasteiger partial charge in [-0.3, -0.25) is 4.68 Å². The molecule has 29 heavy (non-hydrogen) atoms. The average molecular weight is 494 g/mol. The summed E-state index contributed by atoms with van der Waals surface area (Å²) in [6.45, 7) is 0. The second-order valence-electron chi connectivity index (χ2n) is 6.69. The van der Waals surface area contributed by atoms with Crippen LogP contribution in [0.15, 0.2) is 97.2 Å². The van der Waals surface area contributed by atoms with E-state index in [0.29, 0.717) is 9.99 Å². The van der Waals surface area contributed by atoms with Crippen LogP contribution in [0.4, 0.5) is 0 Å². The molecule has 0 bridgehead atoms. The first-order valence-corrected chi connectivity index (χ1v) is 10.8. The summed E-state index contributed by atoms with van der Waals surface area (Å²) in [4.78, 5) is 11.9. The van der Waals surface area contributed by atoms with Gasteiger partial charge in [0.05, 0.1) is 0 Å². The van der Waals surface area contributed by atoms with E-state index in [1.165, 1.54) is 0 Å². The van der Waals surface area contributed by atoms with E-state index in [4.69, 9.17) is 0 Å². The van der Waals surface area contributed by atoms with Crippen molar-refractivity contribution in [2.24, 2.45) is 0 Å². The third-order valence-corrected chi connectivity index (χ3v) is 5.88. The van der Waals surface area contributed by atoms with Gasteiger partial charge in [0, 0.05) is 16.2 Å². The van der Waals surface area contributed by atoms with Crippen molar-refractivity contribution in [2.45, 2.75) is 9.97 Å². The molecule has 0 amide bonds. The van der Waals surface area contributed by atoms with Crippen LogP contribution < -0.4 is 0 Å². The summed E-state index contributed by atoms with van der Waals surface area (Å²) in [7, 11) is 0. The van der Waals surface area contributed by atoms with Crippen molar-refractivity contribution in [2.75, 3.05) is 0 Å². The lowest BCUT2D eigenvalue weighted by molar-refractivity contribution is 0.0688. The van der Waals surface area contributed by atoms with Gasteiger partial charge in [0.1, 0.15) is 5.54 Å². The van der Waals surface area contributed by atoms with E-state index < -0.39 is 11.5 Å². The molecular formula is C24H19IN2O2. The van der Waals surface area contributed by atoms with Gasteiger partial charge >= 0.3 is 5.97 Å². The van der Waals surface area contributed by atoms with Gasteiger partial charge in [0.2, 0.25) is 0 Å². The van der Waals surface area contributed by atoms with E-state index in [1.54, 1.807) is 0 Å². The highest BCUT2D eigenvalue weighted by Gasteiger charge is 2.40. The van der Waals surface area contributed by atoms with Crippen LogP contribution >= 0.6 is 22.6 Å². The molecule has 0 atom stereocenters. The number of carboxylic acids is 1. The van der Waals surface area contributed by atoms with Crippen LogP contribution in [0.5, 0.6) is 0 Å². The monoisotopic (exact) mass is 494 g/mol. The Balaban J connectivity index is 2.13. The molecule has 0 unspecified atom stereocenters. The SMILES string of the molecule is O=C(O)c1nn(C(c2ccccc2)(c2ccccc2)c2ccccc2)cc1CI. The highest BCUT2D eigenvalue weighted by molar-refractivity contribution is 14.1. The first-order chi connectivity index (χ1) is 14.2. The maximum Gasteiger partial charge on any atom is 0.356 e. The molecule has 5 heteroatoms. The fourth-order valence-corrected chi connectivity index (χ4v) is 4.35. The number of benzene rings is 3. The summed E-state index contributed by atoms with van der Waals surface area (Å²) >= 11 is 2.18. The van der Waals surface area contributed by atoms with Gasteiger partial charge in [-0.1, -0.05) is 114 Å². The molecule has 1 heterocycles. The van der Waals surface area contributed by atoms with E-state index in [2.05, 4.69) is 64.1 Å². The Hall–Kier alpha value is -2.93. The first-order valence-electron chi connectivity index (χ1n) is 9.22.